The number of rotatable bonds is 43. The van der Waals surface area contributed by atoms with Gasteiger partial charge in [-0.2, -0.15) is 10.5 Å². The van der Waals surface area contributed by atoms with Crippen LogP contribution in [0, 0.1) is 28.6 Å². The molecule has 0 unspecified atom stereocenters. The SMILES string of the molecule is C[Si](C)(C)O[Si](C)(C)CCCCCCCCCCC(C(=O)OCCCCCCCCCCCOc1ccc(-c2ccc(C#N)cc2)cc1)C(=O)OCCCCCCCCCCCOc1ccc(-c2ccc(C#N)cc2)cc1. The standard InChI is InChI=1S/C66H96N2O7Si2/c1-76(2,3)75-77(4,5)53-31-25-19-13-8-14-20-26-32-64(65(69)73-51-29-23-17-11-6-9-15-21-27-49-71-62-45-41-60(42-46-62)58-37-33-56(54-67)34-38-58)66(70)74-52-30-24-18-12-7-10-16-22-28-50-72-63-47-43-61(44-48-63)59-39-35-57(55-68)36-40-59/h33-48,64H,6-32,49-53H2,1-5H3. The van der Waals surface area contributed by atoms with Crippen LogP contribution in [0.2, 0.25) is 38.8 Å². The van der Waals surface area contributed by atoms with Gasteiger partial charge in [0.25, 0.3) is 0 Å². The van der Waals surface area contributed by atoms with Gasteiger partial charge in [-0.05, 0) is 142 Å². The maximum absolute atomic E-state index is 13.3. The lowest BCUT2D eigenvalue weighted by molar-refractivity contribution is -0.162. The molecule has 0 spiro atoms. The predicted molar refractivity (Wildman–Crippen MR) is 321 cm³/mol. The lowest BCUT2D eigenvalue weighted by Crippen LogP contribution is -2.42. The van der Waals surface area contributed by atoms with E-state index in [1.807, 2.05) is 72.8 Å². The topological polar surface area (TPSA) is 128 Å². The van der Waals surface area contributed by atoms with Gasteiger partial charge in [0, 0.05) is 0 Å². The first-order valence-electron chi connectivity index (χ1n) is 29.9. The number of nitrogens with zero attached hydrogens (tertiary/aromatic N) is 2. The summed E-state index contributed by atoms with van der Waals surface area (Å²) in [5.41, 5.74) is 5.71. The van der Waals surface area contributed by atoms with E-state index in [9.17, 15) is 9.59 Å². The fraction of sp³-hybridized carbons (Fsp3) is 0.576. The van der Waals surface area contributed by atoms with Crippen LogP contribution in [0.4, 0.5) is 0 Å². The zero-order chi connectivity index (χ0) is 55.2. The van der Waals surface area contributed by atoms with Crippen LogP contribution in [0.5, 0.6) is 11.5 Å². The molecule has 77 heavy (non-hydrogen) atoms. The van der Waals surface area contributed by atoms with Gasteiger partial charge in [0.05, 0.1) is 49.7 Å². The Kier molecular flexibility index (Phi) is 32.1. The summed E-state index contributed by atoms with van der Waals surface area (Å²) < 4.78 is 29.9. The van der Waals surface area contributed by atoms with E-state index < -0.39 is 34.5 Å². The lowest BCUT2D eigenvalue weighted by atomic mass is 10.00. The Labute approximate surface area is 468 Å². The normalized spacial score (nSPS) is 11.5. The molecule has 0 fully saturated rings. The van der Waals surface area contributed by atoms with E-state index >= 15 is 0 Å². The molecule has 0 radical (unpaired) electrons. The first kappa shape index (κ1) is 64.3. The smallest absolute Gasteiger partial charge is 0.320 e. The number of unbranched alkanes of at least 4 members (excludes halogenated alkanes) is 23. The third-order valence-electron chi connectivity index (χ3n) is 14.2. The number of carbonyl (C=O) groups excluding carboxylic acids is 2. The molecule has 4 rings (SSSR count). The highest BCUT2D eigenvalue weighted by molar-refractivity contribution is 6.84. The van der Waals surface area contributed by atoms with Crippen molar-refractivity contribution in [2.45, 2.75) is 212 Å². The van der Waals surface area contributed by atoms with Gasteiger partial charge in [0.15, 0.2) is 22.6 Å². The number of benzene rings is 4. The number of hydrogen-bond acceptors (Lipinski definition) is 9. The van der Waals surface area contributed by atoms with Crippen LogP contribution in [0.1, 0.15) is 184 Å². The summed E-state index contributed by atoms with van der Waals surface area (Å²) in [4.78, 5) is 26.7. The molecule has 11 heteroatoms. The second-order valence-corrected chi connectivity index (χ2v) is 31.8. The Bertz CT molecular complexity index is 2140. The van der Waals surface area contributed by atoms with Crippen LogP contribution in [0.3, 0.4) is 0 Å². The number of carbonyl (C=O) groups is 2. The van der Waals surface area contributed by atoms with E-state index in [1.54, 1.807) is 0 Å². The van der Waals surface area contributed by atoms with Gasteiger partial charge in [-0.1, -0.05) is 190 Å². The summed E-state index contributed by atoms with van der Waals surface area (Å²) in [5, 5.41) is 18.1. The van der Waals surface area contributed by atoms with Crippen LogP contribution in [0.25, 0.3) is 22.3 Å². The molecule has 9 nitrogen and oxygen atoms in total. The molecular formula is C66H96N2O7Si2. The van der Waals surface area contributed by atoms with Gasteiger partial charge in [0.1, 0.15) is 11.5 Å². The first-order valence-corrected chi connectivity index (χ1v) is 36.4. The van der Waals surface area contributed by atoms with Crippen molar-refractivity contribution in [3.05, 3.63) is 108 Å². The fourth-order valence-electron chi connectivity index (χ4n) is 9.94. The average Bonchev–Trinajstić information content (AvgIpc) is 3.42. The average molecular weight is 1090 g/mol. The van der Waals surface area contributed by atoms with Crippen molar-refractivity contribution in [2.24, 2.45) is 5.92 Å². The predicted octanol–water partition coefficient (Wildman–Crippen LogP) is 18.5. The summed E-state index contributed by atoms with van der Waals surface area (Å²) in [6.45, 7) is 13.8. The van der Waals surface area contributed by atoms with Crippen molar-refractivity contribution in [2.75, 3.05) is 26.4 Å². The molecule has 0 aliphatic heterocycles. The van der Waals surface area contributed by atoms with E-state index in [-0.39, 0.29) is 0 Å². The van der Waals surface area contributed by atoms with E-state index in [1.165, 1.54) is 89.5 Å². The van der Waals surface area contributed by atoms with E-state index in [0.29, 0.717) is 44.0 Å². The molecule has 0 atom stereocenters. The van der Waals surface area contributed by atoms with Crippen molar-refractivity contribution in [1.82, 2.24) is 0 Å². The fourth-order valence-corrected chi connectivity index (χ4v) is 18.1. The molecule has 0 aliphatic carbocycles. The first-order chi connectivity index (χ1) is 37.4. The second kappa shape index (κ2) is 38.4. The van der Waals surface area contributed by atoms with Crippen molar-refractivity contribution in [1.29, 1.82) is 10.5 Å². The monoisotopic (exact) mass is 1080 g/mol. The van der Waals surface area contributed by atoms with Gasteiger partial charge in [-0.15, -0.1) is 0 Å². The molecule has 0 aromatic heterocycles. The molecule has 0 bridgehead atoms. The Hall–Kier alpha value is -5.21. The summed E-state index contributed by atoms with van der Waals surface area (Å²) in [6, 6.07) is 37.1. The van der Waals surface area contributed by atoms with Gasteiger partial charge in [-0.3, -0.25) is 9.59 Å². The molecule has 0 N–H and O–H groups in total. The van der Waals surface area contributed by atoms with Crippen LogP contribution in [-0.2, 0) is 23.2 Å². The lowest BCUT2D eigenvalue weighted by Gasteiger charge is -2.31. The Morgan fingerprint density at radius 3 is 1.00 bits per heavy atom. The maximum atomic E-state index is 13.3. The number of ether oxygens (including phenoxy) is 4. The summed E-state index contributed by atoms with van der Waals surface area (Å²) >= 11 is 0. The minimum absolute atomic E-state index is 0.357. The largest absolute Gasteiger partial charge is 0.494 e. The number of esters is 2. The van der Waals surface area contributed by atoms with Crippen LogP contribution in [0.15, 0.2) is 97.1 Å². The molecule has 0 heterocycles. The third kappa shape index (κ3) is 29.4. The maximum Gasteiger partial charge on any atom is 0.320 e. The van der Waals surface area contributed by atoms with Gasteiger partial charge >= 0.3 is 11.9 Å². The highest BCUT2D eigenvalue weighted by Crippen LogP contribution is 2.26. The van der Waals surface area contributed by atoms with E-state index in [4.69, 9.17) is 33.6 Å². The molecule has 0 saturated carbocycles. The van der Waals surface area contributed by atoms with Crippen LogP contribution < -0.4 is 9.47 Å². The molecule has 4 aromatic rings. The van der Waals surface area contributed by atoms with E-state index in [2.05, 4.69) is 69.1 Å². The molecule has 0 amide bonds. The quantitative estimate of drug-likeness (QED) is 0.0184. The minimum atomic E-state index is -1.56. The van der Waals surface area contributed by atoms with Gasteiger partial charge in [0.2, 0.25) is 0 Å². The second-order valence-electron chi connectivity index (χ2n) is 22.7. The van der Waals surface area contributed by atoms with E-state index in [0.717, 1.165) is 117 Å². The summed E-state index contributed by atoms with van der Waals surface area (Å²) in [6.07, 6.45) is 29.5. The number of nitriles is 2. The highest BCUT2D eigenvalue weighted by atomic mass is 28.4. The van der Waals surface area contributed by atoms with Crippen molar-refractivity contribution < 1.29 is 32.7 Å². The Morgan fingerprint density at radius 2 is 0.675 bits per heavy atom. The highest BCUT2D eigenvalue weighted by Gasteiger charge is 2.30. The Morgan fingerprint density at radius 1 is 0.390 bits per heavy atom. The Balaban J connectivity index is 1.02. The van der Waals surface area contributed by atoms with Crippen LogP contribution >= 0.6 is 0 Å². The zero-order valence-corrected chi connectivity index (χ0v) is 50.2. The third-order valence-corrected chi connectivity index (χ3v) is 20.4. The van der Waals surface area contributed by atoms with Crippen LogP contribution in [-0.4, -0.2) is 55.0 Å². The molecule has 0 aliphatic rings. The van der Waals surface area contributed by atoms with Crippen molar-refractivity contribution in [3.8, 4) is 45.9 Å². The minimum Gasteiger partial charge on any atom is -0.494 e. The molecule has 0 saturated heterocycles. The molecule has 420 valence electrons. The zero-order valence-electron chi connectivity index (χ0n) is 48.2. The van der Waals surface area contributed by atoms with Gasteiger partial charge < -0.3 is 23.1 Å². The summed E-state index contributed by atoms with van der Waals surface area (Å²) in [5.74, 6) is 0.105. The number of hydrogen-bond donors (Lipinski definition) is 0. The molecular weight excluding hydrogens is 989 g/mol. The van der Waals surface area contributed by atoms with Gasteiger partial charge in [-0.25, -0.2) is 0 Å². The van der Waals surface area contributed by atoms with Crippen molar-refractivity contribution in [3.63, 3.8) is 0 Å². The molecule has 4 aromatic carbocycles. The summed E-state index contributed by atoms with van der Waals surface area (Å²) in [7, 11) is -3.05. The van der Waals surface area contributed by atoms with Crippen molar-refractivity contribution >= 4 is 28.6 Å².